The van der Waals surface area contributed by atoms with Crippen LogP contribution in [0.5, 0.6) is 0 Å². The molecule has 32 heavy (non-hydrogen) atoms. The van der Waals surface area contributed by atoms with Crippen molar-refractivity contribution in [3.8, 4) is 0 Å². The van der Waals surface area contributed by atoms with Crippen molar-refractivity contribution >= 4 is 11.8 Å². The van der Waals surface area contributed by atoms with Crippen LogP contribution in [0.1, 0.15) is 38.7 Å². The second-order valence-electron chi connectivity index (χ2n) is 7.60. The maximum atomic E-state index is 13.3. The van der Waals surface area contributed by atoms with E-state index in [1.54, 1.807) is 24.3 Å². The van der Waals surface area contributed by atoms with E-state index in [0.717, 1.165) is 11.6 Å². The predicted octanol–water partition coefficient (Wildman–Crippen LogP) is 4.76. The summed E-state index contributed by atoms with van der Waals surface area (Å²) in [7, 11) is 0. The van der Waals surface area contributed by atoms with Gasteiger partial charge in [0.2, 0.25) is 5.91 Å². The van der Waals surface area contributed by atoms with Crippen LogP contribution in [0.4, 0.5) is 13.2 Å². The number of halogens is 3. The first-order chi connectivity index (χ1) is 15.4. The summed E-state index contributed by atoms with van der Waals surface area (Å²) in [6, 6.07) is 20.7. The summed E-state index contributed by atoms with van der Waals surface area (Å²) in [6.45, 7) is 0.0304. The van der Waals surface area contributed by atoms with Crippen LogP contribution < -0.4 is 5.32 Å². The van der Waals surface area contributed by atoms with Crippen molar-refractivity contribution in [2.45, 2.75) is 25.2 Å². The Morgan fingerprint density at radius 1 is 0.906 bits per heavy atom. The molecule has 4 rings (SSSR count). The van der Waals surface area contributed by atoms with Crippen LogP contribution in [0.2, 0.25) is 0 Å². The number of nitrogens with one attached hydrogen (secondary N) is 1. The van der Waals surface area contributed by atoms with Crippen molar-refractivity contribution in [3.63, 3.8) is 0 Å². The monoisotopic (exact) mass is 438 g/mol. The lowest BCUT2D eigenvalue weighted by Crippen LogP contribution is -2.40. The molecule has 3 aromatic carbocycles. The van der Waals surface area contributed by atoms with Crippen LogP contribution in [0.15, 0.2) is 78.9 Å². The quantitative estimate of drug-likeness (QED) is 0.603. The van der Waals surface area contributed by atoms with Crippen molar-refractivity contribution < 1.29 is 22.8 Å². The van der Waals surface area contributed by atoms with Crippen LogP contribution in [0.25, 0.3) is 0 Å². The maximum absolute atomic E-state index is 13.3. The number of rotatable bonds is 6. The van der Waals surface area contributed by atoms with E-state index in [1.165, 1.54) is 23.1 Å². The first-order valence-electron chi connectivity index (χ1n) is 10.2. The standard InChI is InChI=1S/C25H21F3N2O2/c26-25(27,28)21-13-7-4-10-18(21)16-29-23(31)22-19-11-5-6-12-20(19)24(32)30(22)15-14-17-8-2-1-3-9-17/h1-13,22H,14-16H2,(H,29,31). The molecule has 1 aliphatic heterocycles. The summed E-state index contributed by atoms with van der Waals surface area (Å²) in [5.74, 6) is -0.763. The summed E-state index contributed by atoms with van der Waals surface area (Å²) < 4.78 is 39.8. The fourth-order valence-electron chi connectivity index (χ4n) is 4.01. The smallest absolute Gasteiger partial charge is 0.350 e. The second-order valence-corrected chi connectivity index (χ2v) is 7.60. The van der Waals surface area contributed by atoms with Gasteiger partial charge in [-0.15, -0.1) is 0 Å². The lowest BCUT2D eigenvalue weighted by molar-refractivity contribution is -0.138. The van der Waals surface area contributed by atoms with Crippen molar-refractivity contribution in [1.82, 2.24) is 10.2 Å². The molecule has 0 radical (unpaired) electrons. The number of fused-ring (bicyclic) bond motifs is 1. The Balaban J connectivity index is 1.55. The third-order valence-corrected chi connectivity index (χ3v) is 5.57. The molecule has 3 aromatic rings. The average Bonchev–Trinajstić information content (AvgIpc) is 3.08. The third-order valence-electron chi connectivity index (χ3n) is 5.57. The number of alkyl halides is 3. The van der Waals surface area contributed by atoms with E-state index in [-0.39, 0.29) is 18.0 Å². The van der Waals surface area contributed by atoms with Gasteiger partial charge < -0.3 is 10.2 Å². The van der Waals surface area contributed by atoms with E-state index >= 15 is 0 Å². The van der Waals surface area contributed by atoms with Crippen LogP contribution in [-0.4, -0.2) is 23.3 Å². The van der Waals surface area contributed by atoms with Crippen molar-refractivity contribution in [3.05, 3.63) is 107 Å². The molecule has 0 fully saturated rings. The van der Waals surface area contributed by atoms with Crippen molar-refractivity contribution in [2.24, 2.45) is 0 Å². The Morgan fingerprint density at radius 2 is 1.56 bits per heavy atom. The van der Waals surface area contributed by atoms with E-state index in [1.807, 2.05) is 30.3 Å². The molecule has 2 amide bonds. The highest BCUT2D eigenvalue weighted by Crippen LogP contribution is 2.35. The fraction of sp³-hybridized carbons (Fsp3) is 0.200. The molecule has 0 spiro atoms. The zero-order valence-corrected chi connectivity index (χ0v) is 17.1. The molecule has 1 unspecified atom stereocenters. The number of nitrogens with zero attached hydrogens (tertiary/aromatic N) is 1. The van der Waals surface area contributed by atoms with E-state index in [2.05, 4.69) is 5.32 Å². The molecule has 0 saturated heterocycles. The van der Waals surface area contributed by atoms with Gasteiger partial charge >= 0.3 is 6.18 Å². The van der Waals surface area contributed by atoms with E-state index in [9.17, 15) is 22.8 Å². The molecular formula is C25H21F3N2O2. The number of benzene rings is 3. The molecule has 0 aromatic heterocycles. The Hall–Kier alpha value is -3.61. The van der Waals surface area contributed by atoms with Crippen LogP contribution in [0, 0.1) is 0 Å². The minimum absolute atomic E-state index is 0.0261. The van der Waals surface area contributed by atoms with Gasteiger partial charge in [-0.2, -0.15) is 13.2 Å². The van der Waals surface area contributed by atoms with Gasteiger partial charge in [-0.1, -0.05) is 66.7 Å². The molecule has 0 bridgehead atoms. The van der Waals surface area contributed by atoms with E-state index in [4.69, 9.17) is 0 Å². The molecule has 1 N–H and O–H groups in total. The molecule has 7 heteroatoms. The largest absolute Gasteiger partial charge is 0.416 e. The molecule has 0 aliphatic carbocycles. The normalized spacial score (nSPS) is 15.5. The summed E-state index contributed by atoms with van der Waals surface area (Å²) >= 11 is 0. The Kier molecular flexibility index (Phi) is 5.99. The number of carbonyl (C=O) groups is 2. The minimum atomic E-state index is -4.51. The first-order valence-corrected chi connectivity index (χ1v) is 10.2. The molecule has 164 valence electrons. The van der Waals surface area contributed by atoms with E-state index < -0.39 is 23.7 Å². The number of hydrogen-bond donors (Lipinski definition) is 1. The molecular weight excluding hydrogens is 417 g/mol. The van der Waals surface area contributed by atoms with Crippen LogP contribution >= 0.6 is 0 Å². The number of carbonyl (C=O) groups excluding carboxylic acids is 2. The Bertz CT molecular complexity index is 1130. The average molecular weight is 438 g/mol. The SMILES string of the molecule is O=C(NCc1ccccc1C(F)(F)F)C1c2ccccc2C(=O)N1CCc1ccccc1. The summed E-state index contributed by atoms with van der Waals surface area (Å²) in [5.41, 5.74) is 1.21. The third kappa shape index (κ3) is 4.37. The molecule has 4 nitrogen and oxygen atoms in total. The highest BCUT2D eigenvalue weighted by Gasteiger charge is 2.40. The maximum Gasteiger partial charge on any atom is 0.416 e. The molecule has 1 heterocycles. The Morgan fingerprint density at radius 3 is 2.31 bits per heavy atom. The first kappa shape index (κ1) is 21.6. The lowest BCUT2D eigenvalue weighted by Gasteiger charge is -2.25. The lowest BCUT2D eigenvalue weighted by atomic mass is 10.0. The minimum Gasteiger partial charge on any atom is -0.350 e. The van der Waals surface area contributed by atoms with Crippen molar-refractivity contribution in [2.75, 3.05) is 6.54 Å². The number of hydrogen-bond acceptors (Lipinski definition) is 2. The molecule has 1 aliphatic rings. The van der Waals surface area contributed by atoms with Gasteiger partial charge in [-0.25, -0.2) is 0 Å². The van der Waals surface area contributed by atoms with Crippen molar-refractivity contribution in [1.29, 1.82) is 0 Å². The topological polar surface area (TPSA) is 49.4 Å². The van der Waals surface area contributed by atoms with Gasteiger partial charge in [0, 0.05) is 18.7 Å². The molecule has 1 atom stereocenters. The zero-order valence-electron chi connectivity index (χ0n) is 17.1. The van der Waals surface area contributed by atoms with Gasteiger partial charge in [0.15, 0.2) is 0 Å². The van der Waals surface area contributed by atoms with Gasteiger partial charge in [0.1, 0.15) is 6.04 Å². The highest BCUT2D eigenvalue weighted by molar-refractivity contribution is 6.04. The van der Waals surface area contributed by atoms with E-state index in [0.29, 0.717) is 24.1 Å². The summed E-state index contributed by atoms with van der Waals surface area (Å²) in [4.78, 5) is 27.6. The predicted molar refractivity (Wildman–Crippen MR) is 114 cm³/mol. The van der Waals surface area contributed by atoms with Gasteiger partial charge in [-0.3, -0.25) is 9.59 Å². The fourth-order valence-corrected chi connectivity index (χ4v) is 4.01. The van der Waals surface area contributed by atoms with Crippen LogP contribution in [-0.2, 0) is 23.9 Å². The Labute approximate surface area is 183 Å². The van der Waals surface area contributed by atoms with Gasteiger partial charge in [-0.05, 0) is 35.2 Å². The highest BCUT2D eigenvalue weighted by atomic mass is 19.4. The zero-order chi connectivity index (χ0) is 22.7. The van der Waals surface area contributed by atoms with Gasteiger partial charge in [0.05, 0.1) is 5.56 Å². The van der Waals surface area contributed by atoms with Crippen LogP contribution in [0.3, 0.4) is 0 Å². The molecule has 0 saturated carbocycles. The second kappa shape index (κ2) is 8.86. The van der Waals surface area contributed by atoms with Gasteiger partial charge in [0.25, 0.3) is 5.91 Å². The number of amides is 2. The summed E-state index contributed by atoms with van der Waals surface area (Å²) in [5, 5.41) is 2.61. The summed E-state index contributed by atoms with van der Waals surface area (Å²) in [6.07, 6.45) is -3.96.